The Bertz CT molecular complexity index is 1200. The number of anilines is 1. The van der Waals surface area contributed by atoms with Crippen LogP contribution < -0.4 is 14.4 Å². The van der Waals surface area contributed by atoms with Gasteiger partial charge in [0.2, 0.25) is 5.91 Å². The van der Waals surface area contributed by atoms with E-state index >= 15 is 0 Å². The molecule has 0 saturated heterocycles. The number of aryl methyl sites for hydroxylation is 3. The molecule has 7 heteroatoms. The maximum atomic E-state index is 13.5. The lowest BCUT2D eigenvalue weighted by molar-refractivity contribution is -0.119. The number of ether oxygens (including phenoxy) is 1. The molecule has 1 amide bonds. The minimum absolute atomic E-state index is 0.150. The molecule has 6 nitrogen and oxygen atoms in total. The van der Waals surface area contributed by atoms with Gasteiger partial charge in [-0.3, -0.25) is 9.10 Å². The van der Waals surface area contributed by atoms with Crippen molar-refractivity contribution in [1.29, 1.82) is 0 Å². The van der Waals surface area contributed by atoms with Crippen molar-refractivity contribution < 1.29 is 17.9 Å². The van der Waals surface area contributed by atoms with Gasteiger partial charge in [0.15, 0.2) is 0 Å². The van der Waals surface area contributed by atoms with Gasteiger partial charge in [-0.1, -0.05) is 35.9 Å². The van der Waals surface area contributed by atoms with Gasteiger partial charge in [-0.05, 0) is 80.3 Å². The normalized spacial score (nSPS) is 11.2. The number of carbonyl (C=O) groups excluding carboxylic acids is 1. The third-order valence-corrected chi connectivity index (χ3v) is 7.36. The summed E-state index contributed by atoms with van der Waals surface area (Å²) in [5, 5.41) is 2.84. The van der Waals surface area contributed by atoms with Crippen LogP contribution in [0, 0.1) is 20.8 Å². The molecular weight excluding hydrogens is 436 g/mol. The van der Waals surface area contributed by atoms with Crippen LogP contribution in [0.15, 0.2) is 71.6 Å². The molecule has 1 N–H and O–H groups in total. The van der Waals surface area contributed by atoms with Gasteiger partial charge >= 0.3 is 0 Å². The number of sulfonamides is 1. The minimum Gasteiger partial charge on any atom is -0.497 e. The third kappa shape index (κ3) is 6.14. The molecule has 0 fully saturated rings. The summed E-state index contributed by atoms with van der Waals surface area (Å²) >= 11 is 0. The number of hydrogen-bond acceptors (Lipinski definition) is 4. The molecule has 0 atom stereocenters. The standard InChI is InChI=1S/C26H30N2O4S/c1-19-5-13-25(14-6-19)33(30,31)28(23-10-7-20(2)21(3)17-23)18-26(29)27-16-15-22-8-11-24(32-4)12-9-22/h5-14,17H,15-16,18H2,1-4H3,(H,27,29). The van der Waals surface area contributed by atoms with Crippen molar-refractivity contribution >= 4 is 21.6 Å². The van der Waals surface area contributed by atoms with Crippen LogP contribution in [0.4, 0.5) is 5.69 Å². The van der Waals surface area contributed by atoms with Crippen molar-refractivity contribution in [2.24, 2.45) is 0 Å². The zero-order valence-corrected chi connectivity index (χ0v) is 20.3. The molecule has 174 valence electrons. The van der Waals surface area contributed by atoms with Gasteiger partial charge in [-0.25, -0.2) is 8.42 Å². The lowest BCUT2D eigenvalue weighted by Gasteiger charge is -2.25. The fourth-order valence-corrected chi connectivity index (χ4v) is 4.77. The van der Waals surface area contributed by atoms with Crippen molar-refractivity contribution in [3.05, 3.63) is 89.0 Å². The van der Waals surface area contributed by atoms with Crippen LogP contribution in [0.1, 0.15) is 22.3 Å². The second-order valence-electron chi connectivity index (χ2n) is 8.04. The Labute approximate surface area is 196 Å². The van der Waals surface area contributed by atoms with E-state index in [9.17, 15) is 13.2 Å². The van der Waals surface area contributed by atoms with Crippen molar-refractivity contribution in [1.82, 2.24) is 5.32 Å². The lowest BCUT2D eigenvalue weighted by atomic mass is 10.1. The van der Waals surface area contributed by atoms with E-state index in [0.29, 0.717) is 18.7 Å². The Morgan fingerprint density at radius 1 is 0.909 bits per heavy atom. The van der Waals surface area contributed by atoms with E-state index < -0.39 is 10.0 Å². The Morgan fingerprint density at radius 3 is 2.18 bits per heavy atom. The Hall–Kier alpha value is -3.32. The number of nitrogens with one attached hydrogen (secondary N) is 1. The van der Waals surface area contributed by atoms with E-state index in [0.717, 1.165) is 28.0 Å². The zero-order valence-electron chi connectivity index (χ0n) is 19.5. The smallest absolute Gasteiger partial charge is 0.264 e. The van der Waals surface area contributed by atoms with Crippen LogP contribution in [0.3, 0.4) is 0 Å². The number of benzene rings is 3. The molecule has 3 aromatic carbocycles. The van der Waals surface area contributed by atoms with Gasteiger partial charge in [0.1, 0.15) is 12.3 Å². The highest BCUT2D eigenvalue weighted by Crippen LogP contribution is 2.26. The first-order valence-electron chi connectivity index (χ1n) is 10.8. The average Bonchev–Trinajstić information content (AvgIpc) is 2.80. The number of methoxy groups -OCH3 is 1. The van der Waals surface area contributed by atoms with E-state index in [-0.39, 0.29) is 17.3 Å². The minimum atomic E-state index is -3.92. The average molecular weight is 467 g/mol. The molecule has 0 aliphatic heterocycles. The molecule has 3 rings (SSSR count). The van der Waals surface area contributed by atoms with Gasteiger partial charge in [0.25, 0.3) is 10.0 Å². The fraction of sp³-hybridized carbons (Fsp3) is 0.269. The highest BCUT2D eigenvalue weighted by atomic mass is 32.2. The number of hydrogen-bond donors (Lipinski definition) is 1. The predicted octanol–water partition coefficient (Wildman–Crippen LogP) is 4.17. The topological polar surface area (TPSA) is 75.7 Å². The van der Waals surface area contributed by atoms with Gasteiger partial charge in [-0.15, -0.1) is 0 Å². The maximum Gasteiger partial charge on any atom is 0.264 e. The highest BCUT2D eigenvalue weighted by molar-refractivity contribution is 7.92. The molecule has 0 aliphatic rings. The van der Waals surface area contributed by atoms with Gasteiger partial charge in [0.05, 0.1) is 17.7 Å². The van der Waals surface area contributed by atoms with E-state index in [1.54, 1.807) is 43.5 Å². The zero-order chi connectivity index (χ0) is 24.0. The molecule has 0 aliphatic carbocycles. The number of rotatable bonds is 9. The molecular formula is C26H30N2O4S. The molecule has 0 spiro atoms. The molecule has 0 radical (unpaired) electrons. The van der Waals surface area contributed by atoms with E-state index in [4.69, 9.17) is 4.74 Å². The van der Waals surface area contributed by atoms with Gasteiger partial charge < -0.3 is 10.1 Å². The molecule has 0 heterocycles. The highest BCUT2D eigenvalue weighted by Gasteiger charge is 2.27. The Morgan fingerprint density at radius 2 is 1.58 bits per heavy atom. The second kappa shape index (κ2) is 10.5. The first kappa shape index (κ1) is 24.3. The summed E-state index contributed by atoms with van der Waals surface area (Å²) in [4.78, 5) is 12.9. The molecule has 0 unspecified atom stereocenters. The van der Waals surface area contributed by atoms with Crippen LogP contribution in [0.25, 0.3) is 0 Å². The molecule has 0 aromatic heterocycles. The second-order valence-corrected chi connectivity index (χ2v) is 9.90. The molecule has 3 aromatic rings. The summed E-state index contributed by atoms with van der Waals surface area (Å²) < 4.78 is 33.3. The predicted molar refractivity (Wildman–Crippen MR) is 131 cm³/mol. The van der Waals surface area contributed by atoms with Crippen molar-refractivity contribution in [2.75, 3.05) is 24.5 Å². The van der Waals surface area contributed by atoms with Crippen LogP contribution in [0.2, 0.25) is 0 Å². The molecule has 0 saturated carbocycles. The van der Waals surface area contributed by atoms with Crippen molar-refractivity contribution in [3.8, 4) is 5.75 Å². The van der Waals surface area contributed by atoms with E-state index in [1.807, 2.05) is 51.1 Å². The third-order valence-electron chi connectivity index (χ3n) is 5.57. The molecule has 0 bridgehead atoms. The van der Waals surface area contributed by atoms with Crippen LogP contribution in [0.5, 0.6) is 5.75 Å². The maximum absolute atomic E-state index is 13.5. The van der Waals surface area contributed by atoms with E-state index in [1.165, 1.54) is 4.31 Å². The van der Waals surface area contributed by atoms with Crippen LogP contribution in [-0.4, -0.2) is 34.5 Å². The van der Waals surface area contributed by atoms with Crippen LogP contribution >= 0.6 is 0 Å². The quantitative estimate of drug-likeness (QED) is 0.513. The van der Waals surface area contributed by atoms with Crippen molar-refractivity contribution in [2.45, 2.75) is 32.1 Å². The van der Waals surface area contributed by atoms with Gasteiger partial charge in [-0.2, -0.15) is 0 Å². The summed E-state index contributed by atoms with van der Waals surface area (Å²) in [7, 11) is -2.31. The monoisotopic (exact) mass is 466 g/mol. The summed E-state index contributed by atoms with van der Waals surface area (Å²) in [6.45, 7) is 5.87. The Kier molecular flexibility index (Phi) is 7.76. The summed E-state index contributed by atoms with van der Waals surface area (Å²) in [5.41, 5.74) is 4.48. The summed E-state index contributed by atoms with van der Waals surface area (Å²) in [6, 6.07) is 19.7. The SMILES string of the molecule is COc1ccc(CCNC(=O)CN(c2ccc(C)c(C)c2)S(=O)(=O)c2ccc(C)cc2)cc1. The Balaban J connectivity index is 1.77. The largest absolute Gasteiger partial charge is 0.497 e. The van der Waals surface area contributed by atoms with Crippen molar-refractivity contribution in [3.63, 3.8) is 0 Å². The fourth-order valence-electron chi connectivity index (χ4n) is 3.36. The summed E-state index contributed by atoms with van der Waals surface area (Å²) in [5.74, 6) is 0.408. The van der Waals surface area contributed by atoms with Crippen LogP contribution in [-0.2, 0) is 21.2 Å². The number of nitrogens with zero attached hydrogens (tertiary/aromatic N) is 1. The first-order valence-corrected chi connectivity index (χ1v) is 12.2. The number of amides is 1. The van der Waals surface area contributed by atoms with E-state index in [2.05, 4.69) is 5.32 Å². The lowest BCUT2D eigenvalue weighted by Crippen LogP contribution is -2.41. The molecule has 33 heavy (non-hydrogen) atoms. The number of carbonyl (C=O) groups is 1. The summed E-state index contributed by atoms with van der Waals surface area (Å²) in [6.07, 6.45) is 0.629. The first-order chi connectivity index (χ1) is 15.7. The van der Waals surface area contributed by atoms with Gasteiger partial charge in [0, 0.05) is 6.54 Å².